The SMILES string of the molecule is CCc1ccc2c(c1)C(C(C)(C)C)CCN2. The zero-order valence-electron chi connectivity index (χ0n) is 10.9. The van der Waals surface area contributed by atoms with Gasteiger partial charge in [0.25, 0.3) is 0 Å². The molecule has 1 heteroatoms. The van der Waals surface area contributed by atoms with Gasteiger partial charge in [0.1, 0.15) is 0 Å². The van der Waals surface area contributed by atoms with Crippen molar-refractivity contribution in [1.82, 2.24) is 0 Å². The van der Waals surface area contributed by atoms with Crippen molar-refractivity contribution >= 4 is 5.69 Å². The predicted octanol–water partition coefficient (Wildman–Crippen LogP) is 4.19. The van der Waals surface area contributed by atoms with Crippen LogP contribution in [0, 0.1) is 5.41 Å². The normalized spacial score (nSPS) is 20.1. The summed E-state index contributed by atoms with van der Waals surface area (Å²) in [6.45, 7) is 10.4. The second kappa shape index (κ2) is 4.12. The highest BCUT2D eigenvalue weighted by Gasteiger charge is 2.30. The molecular formula is C15H23N. The molecule has 88 valence electrons. The van der Waals surface area contributed by atoms with Crippen LogP contribution in [0.15, 0.2) is 18.2 Å². The molecule has 1 unspecified atom stereocenters. The molecule has 1 nitrogen and oxygen atoms in total. The molecule has 0 saturated carbocycles. The number of benzene rings is 1. The third-order valence-corrected chi connectivity index (χ3v) is 3.69. The minimum absolute atomic E-state index is 0.364. The monoisotopic (exact) mass is 217 g/mol. The highest BCUT2D eigenvalue weighted by atomic mass is 14.9. The van der Waals surface area contributed by atoms with Gasteiger partial charge in [-0.25, -0.2) is 0 Å². The molecule has 0 fully saturated rings. The van der Waals surface area contributed by atoms with E-state index in [1.54, 1.807) is 0 Å². The van der Waals surface area contributed by atoms with E-state index in [9.17, 15) is 0 Å². The highest BCUT2D eigenvalue weighted by molar-refractivity contribution is 5.56. The lowest BCUT2D eigenvalue weighted by atomic mass is 9.72. The second-order valence-electron chi connectivity index (χ2n) is 5.91. The van der Waals surface area contributed by atoms with Gasteiger partial charge in [-0.05, 0) is 41.4 Å². The first-order valence-electron chi connectivity index (χ1n) is 6.39. The molecule has 0 aromatic heterocycles. The number of hydrogen-bond donors (Lipinski definition) is 1. The third-order valence-electron chi connectivity index (χ3n) is 3.69. The van der Waals surface area contributed by atoms with Gasteiger partial charge < -0.3 is 5.32 Å². The maximum atomic E-state index is 3.52. The molecule has 1 aliphatic heterocycles. The average molecular weight is 217 g/mol. The van der Waals surface area contributed by atoms with Crippen molar-refractivity contribution in [3.63, 3.8) is 0 Å². The van der Waals surface area contributed by atoms with E-state index in [2.05, 4.69) is 51.2 Å². The fourth-order valence-corrected chi connectivity index (χ4v) is 2.69. The van der Waals surface area contributed by atoms with Crippen LogP contribution in [0.4, 0.5) is 5.69 Å². The van der Waals surface area contributed by atoms with Crippen LogP contribution in [0.5, 0.6) is 0 Å². The van der Waals surface area contributed by atoms with Crippen LogP contribution in [0.1, 0.15) is 51.2 Å². The molecule has 1 aliphatic rings. The van der Waals surface area contributed by atoms with Gasteiger partial charge >= 0.3 is 0 Å². The molecule has 0 aliphatic carbocycles. The highest BCUT2D eigenvalue weighted by Crippen LogP contribution is 2.43. The minimum Gasteiger partial charge on any atom is -0.385 e. The molecule has 0 amide bonds. The maximum Gasteiger partial charge on any atom is 0.0375 e. The van der Waals surface area contributed by atoms with E-state index >= 15 is 0 Å². The van der Waals surface area contributed by atoms with Crippen molar-refractivity contribution in [3.05, 3.63) is 29.3 Å². The lowest BCUT2D eigenvalue weighted by Gasteiger charge is -2.36. The van der Waals surface area contributed by atoms with E-state index in [1.807, 2.05) is 0 Å². The molecule has 1 aromatic carbocycles. The van der Waals surface area contributed by atoms with Crippen LogP contribution < -0.4 is 5.32 Å². The van der Waals surface area contributed by atoms with Gasteiger partial charge in [-0.1, -0.05) is 39.8 Å². The van der Waals surface area contributed by atoms with Gasteiger partial charge in [0.15, 0.2) is 0 Å². The van der Waals surface area contributed by atoms with Crippen LogP contribution in [0.2, 0.25) is 0 Å². The van der Waals surface area contributed by atoms with Crippen molar-refractivity contribution in [2.75, 3.05) is 11.9 Å². The largest absolute Gasteiger partial charge is 0.385 e. The van der Waals surface area contributed by atoms with Crippen LogP contribution in [0.25, 0.3) is 0 Å². The molecule has 0 bridgehead atoms. The zero-order valence-corrected chi connectivity index (χ0v) is 10.9. The first kappa shape index (κ1) is 11.5. The summed E-state index contributed by atoms with van der Waals surface area (Å²) in [7, 11) is 0. The van der Waals surface area contributed by atoms with Gasteiger partial charge in [-0.3, -0.25) is 0 Å². The number of fused-ring (bicyclic) bond motifs is 1. The van der Waals surface area contributed by atoms with Crippen molar-refractivity contribution < 1.29 is 0 Å². The van der Waals surface area contributed by atoms with Crippen molar-refractivity contribution in [1.29, 1.82) is 0 Å². The fraction of sp³-hybridized carbons (Fsp3) is 0.600. The molecule has 1 atom stereocenters. The van der Waals surface area contributed by atoms with Crippen LogP contribution in [-0.2, 0) is 6.42 Å². The molecule has 0 spiro atoms. The van der Waals surface area contributed by atoms with E-state index in [4.69, 9.17) is 0 Å². The fourth-order valence-electron chi connectivity index (χ4n) is 2.69. The first-order valence-corrected chi connectivity index (χ1v) is 6.39. The predicted molar refractivity (Wildman–Crippen MR) is 71.1 cm³/mol. The molecule has 1 heterocycles. The molecule has 1 N–H and O–H groups in total. The van der Waals surface area contributed by atoms with E-state index < -0.39 is 0 Å². The van der Waals surface area contributed by atoms with Gasteiger partial charge in [-0.15, -0.1) is 0 Å². The Hall–Kier alpha value is -0.980. The lowest BCUT2D eigenvalue weighted by molar-refractivity contribution is 0.305. The Bertz CT molecular complexity index is 374. The number of rotatable bonds is 1. The third kappa shape index (κ3) is 2.09. The average Bonchev–Trinajstić information content (AvgIpc) is 2.26. The summed E-state index contributed by atoms with van der Waals surface area (Å²) in [5, 5.41) is 3.52. The Morgan fingerprint density at radius 3 is 2.69 bits per heavy atom. The molecule has 0 radical (unpaired) electrons. The molecule has 1 aromatic rings. The lowest BCUT2D eigenvalue weighted by Crippen LogP contribution is -2.26. The summed E-state index contributed by atoms with van der Waals surface area (Å²) in [6, 6.07) is 6.90. The summed E-state index contributed by atoms with van der Waals surface area (Å²) in [5.74, 6) is 0.690. The zero-order chi connectivity index (χ0) is 11.8. The smallest absolute Gasteiger partial charge is 0.0375 e. The van der Waals surface area contributed by atoms with Crippen LogP contribution >= 0.6 is 0 Å². The topological polar surface area (TPSA) is 12.0 Å². The Morgan fingerprint density at radius 2 is 2.06 bits per heavy atom. The number of aryl methyl sites for hydroxylation is 1. The van der Waals surface area contributed by atoms with E-state index in [0.717, 1.165) is 13.0 Å². The summed E-state index contributed by atoms with van der Waals surface area (Å²) < 4.78 is 0. The summed E-state index contributed by atoms with van der Waals surface area (Å²) in [6.07, 6.45) is 2.38. The van der Waals surface area contributed by atoms with Gasteiger partial charge in [-0.2, -0.15) is 0 Å². The molecule has 0 saturated heterocycles. The maximum absolute atomic E-state index is 3.52. The molecule has 16 heavy (non-hydrogen) atoms. The number of hydrogen-bond acceptors (Lipinski definition) is 1. The first-order chi connectivity index (χ1) is 7.52. The van der Waals surface area contributed by atoms with Gasteiger partial charge in [0.05, 0.1) is 0 Å². The minimum atomic E-state index is 0.364. The quantitative estimate of drug-likeness (QED) is 0.743. The van der Waals surface area contributed by atoms with Gasteiger partial charge in [0.2, 0.25) is 0 Å². The number of anilines is 1. The van der Waals surface area contributed by atoms with Crippen molar-refractivity contribution in [2.45, 2.75) is 46.5 Å². The summed E-state index contributed by atoms with van der Waals surface area (Å²) >= 11 is 0. The number of nitrogens with one attached hydrogen (secondary N) is 1. The van der Waals surface area contributed by atoms with E-state index in [1.165, 1.54) is 23.2 Å². The standard InChI is InChI=1S/C15H23N/c1-5-11-6-7-14-12(10-11)13(8-9-16-14)15(2,3)4/h6-7,10,13,16H,5,8-9H2,1-4H3. The van der Waals surface area contributed by atoms with E-state index in [0.29, 0.717) is 11.3 Å². The van der Waals surface area contributed by atoms with Crippen molar-refractivity contribution in [3.8, 4) is 0 Å². The Labute approximate surface area is 99.3 Å². The van der Waals surface area contributed by atoms with E-state index in [-0.39, 0.29) is 0 Å². The second-order valence-corrected chi connectivity index (χ2v) is 5.91. The Kier molecular flexibility index (Phi) is 2.96. The van der Waals surface area contributed by atoms with Gasteiger partial charge in [0, 0.05) is 12.2 Å². The Morgan fingerprint density at radius 1 is 1.31 bits per heavy atom. The summed E-state index contributed by atoms with van der Waals surface area (Å²) in [5.41, 5.74) is 4.70. The van der Waals surface area contributed by atoms with Crippen molar-refractivity contribution in [2.24, 2.45) is 5.41 Å². The Balaban J connectivity index is 2.43. The van der Waals surface area contributed by atoms with Crippen LogP contribution in [0.3, 0.4) is 0 Å². The summed E-state index contributed by atoms with van der Waals surface area (Å²) in [4.78, 5) is 0. The molecule has 2 rings (SSSR count). The van der Waals surface area contributed by atoms with Crippen LogP contribution in [-0.4, -0.2) is 6.54 Å². The molecular weight excluding hydrogens is 194 g/mol.